The van der Waals surface area contributed by atoms with Gasteiger partial charge in [0.05, 0.1) is 12.5 Å². The fourth-order valence-electron chi connectivity index (χ4n) is 4.60. The van der Waals surface area contributed by atoms with E-state index in [9.17, 15) is 14.4 Å². The van der Waals surface area contributed by atoms with Crippen LogP contribution in [0.3, 0.4) is 0 Å². The van der Waals surface area contributed by atoms with Crippen molar-refractivity contribution in [1.82, 2.24) is 4.90 Å². The molecule has 0 unspecified atom stereocenters. The number of amides is 2. The summed E-state index contributed by atoms with van der Waals surface area (Å²) in [6.07, 6.45) is 2.68. The summed E-state index contributed by atoms with van der Waals surface area (Å²) in [7, 11) is 0. The Morgan fingerprint density at radius 1 is 0.938 bits per heavy atom. The minimum atomic E-state index is -0.152. The molecule has 4 rings (SSSR count). The molecule has 0 bridgehead atoms. The summed E-state index contributed by atoms with van der Waals surface area (Å²) in [4.78, 5) is 40.6. The lowest BCUT2D eigenvalue weighted by Crippen LogP contribution is -2.40. The summed E-state index contributed by atoms with van der Waals surface area (Å²) in [5.74, 6) is -0.0996. The molecule has 0 saturated carbocycles. The van der Waals surface area contributed by atoms with Crippen molar-refractivity contribution in [2.75, 3.05) is 31.1 Å². The normalized spacial score (nSPS) is 16.1. The summed E-state index contributed by atoms with van der Waals surface area (Å²) >= 11 is 0. The van der Waals surface area contributed by atoms with E-state index < -0.39 is 0 Å². The Hall–Kier alpha value is -3.15. The van der Waals surface area contributed by atoms with Crippen LogP contribution in [-0.4, -0.2) is 48.9 Å². The number of likely N-dealkylation sites (tertiary alicyclic amines) is 1. The van der Waals surface area contributed by atoms with E-state index in [0.717, 1.165) is 29.8 Å². The van der Waals surface area contributed by atoms with Gasteiger partial charge in [0.15, 0.2) is 0 Å². The lowest BCUT2D eigenvalue weighted by atomic mass is 9.96. The van der Waals surface area contributed by atoms with Crippen LogP contribution >= 0.6 is 0 Å². The van der Waals surface area contributed by atoms with E-state index in [2.05, 4.69) is 6.07 Å². The minimum absolute atomic E-state index is 0.00142. The van der Waals surface area contributed by atoms with E-state index in [1.165, 1.54) is 5.56 Å². The van der Waals surface area contributed by atoms with Crippen LogP contribution in [0.15, 0.2) is 42.5 Å². The Morgan fingerprint density at radius 2 is 1.62 bits per heavy atom. The molecule has 2 heterocycles. The summed E-state index contributed by atoms with van der Waals surface area (Å²) < 4.78 is 5.11. The topological polar surface area (TPSA) is 66.9 Å². The zero-order chi connectivity index (χ0) is 22.7. The van der Waals surface area contributed by atoms with Gasteiger partial charge < -0.3 is 14.5 Å². The minimum Gasteiger partial charge on any atom is -0.466 e. The molecule has 0 N–H and O–H groups in total. The van der Waals surface area contributed by atoms with Crippen LogP contribution in [-0.2, 0) is 20.7 Å². The lowest BCUT2D eigenvalue weighted by molar-refractivity contribution is -0.149. The standard InChI is InChI=1S/C26H30N2O4/c1-3-24(29)28-16-13-22-17-21(9-10-23(22)28)18-5-7-19(8-6-18)25(30)27-14-11-20(12-15-27)26(31)32-4-2/h5-10,17,20H,3-4,11-16H2,1-2H3. The third kappa shape index (κ3) is 4.40. The number of hydrogen-bond donors (Lipinski definition) is 0. The summed E-state index contributed by atoms with van der Waals surface area (Å²) in [5, 5.41) is 0. The Labute approximate surface area is 189 Å². The number of rotatable bonds is 5. The third-order valence-electron chi connectivity index (χ3n) is 6.45. The van der Waals surface area contributed by atoms with Crippen LogP contribution in [0.4, 0.5) is 5.69 Å². The maximum atomic E-state index is 12.9. The highest BCUT2D eigenvalue weighted by atomic mass is 16.5. The zero-order valence-electron chi connectivity index (χ0n) is 18.8. The van der Waals surface area contributed by atoms with Crippen molar-refractivity contribution >= 4 is 23.5 Å². The smallest absolute Gasteiger partial charge is 0.309 e. The molecule has 1 fully saturated rings. The fraction of sp³-hybridized carbons (Fsp3) is 0.423. The molecule has 0 aliphatic carbocycles. The Morgan fingerprint density at radius 3 is 2.28 bits per heavy atom. The number of benzene rings is 2. The second kappa shape index (κ2) is 9.55. The number of esters is 1. The fourth-order valence-corrected chi connectivity index (χ4v) is 4.60. The molecule has 6 nitrogen and oxygen atoms in total. The molecule has 0 atom stereocenters. The van der Waals surface area contributed by atoms with Crippen LogP contribution in [0, 0.1) is 5.92 Å². The molecule has 2 aromatic carbocycles. The van der Waals surface area contributed by atoms with Crippen molar-refractivity contribution in [3.63, 3.8) is 0 Å². The number of carbonyl (C=O) groups excluding carboxylic acids is 3. The third-order valence-corrected chi connectivity index (χ3v) is 6.45. The second-order valence-corrected chi connectivity index (χ2v) is 8.39. The summed E-state index contributed by atoms with van der Waals surface area (Å²) in [6.45, 7) is 5.98. The van der Waals surface area contributed by atoms with Crippen molar-refractivity contribution in [2.45, 2.75) is 39.5 Å². The number of carbonyl (C=O) groups is 3. The van der Waals surface area contributed by atoms with Crippen molar-refractivity contribution in [1.29, 1.82) is 0 Å². The Kier molecular flexibility index (Phi) is 6.58. The lowest BCUT2D eigenvalue weighted by Gasteiger charge is -2.31. The average Bonchev–Trinajstić information content (AvgIpc) is 3.27. The Balaban J connectivity index is 1.41. The first-order chi connectivity index (χ1) is 15.5. The molecule has 0 spiro atoms. The molecule has 0 aromatic heterocycles. The van der Waals surface area contributed by atoms with Gasteiger partial charge in [-0.25, -0.2) is 0 Å². The van der Waals surface area contributed by atoms with Crippen LogP contribution in [0.2, 0.25) is 0 Å². The molecule has 2 aromatic rings. The van der Waals surface area contributed by atoms with Crippen LogP contribution in [0.25, 0.3) is 11.1 Å². The molecule has 0 radical (unpaired) electrons. The molecular weight excluding hydrogens is 404 g/mol. The predicted molar refractivity (Wildman–Crippen MR) is 123 cm³/mol. The van der Waals surface area contributed by atoms with Crippen molar-refractivity contribution in [3.8, 4) is 11.1 Å². The van der Waals surface area contributed by atoms with Crippen LogP contribution in [0.1, 0.15) is 49.0 Å². The monoisotopic (exact) mass is 434 g/mol. The van der Waals surface area contributed by atoms with E-state index >= 15 is 0 Å². The van der Waals surface area contributed by atoms with Gasteiger partial charge >= 0.3 is 5.97 Å². The van der Waals surface area contributed by atoms with Gasteiger partial charge in [0.25, 0.3) is 5.91 Å². The molecule has 168 valence electrons. The largest absolute Gasteiger partial charge is 0.466 e. The van der Waals surface area contributed by atoms with E-state index in [-0.39, 0.29) is 23.7 Å². The average molecular weight is 435 g/mol. The van der Waals surface area contributed by atoms with Crippen LogP contribution < -0.4 is 4.90 Å². The maximum Gasteiger partial charge on any atom is 0.309 e. The highest BCUT2D eigenvalue weighted by Crippen LogP contribution is 2.33. The van der Waals surface area contributed by atoms with E-state index in [0.29, 0.717) is 44.5 Å². The molecule has 6 heteroatoms. The maximum absolute atomic E-state index is 12.9. The van der Waals surface area contributed by atoms with Gasteiger partial charge in [0, 0.05) is 37.3 Å². The molecule has 2 aliphatic rings. The van der Waals surface area contributed by atoms with Crippen LogP contribution in [0.5, 0.6) is 0 Å². The summed E-state index contributed by atoms with van der Waals surface area (Å²) in [5.41, 5.74) is 4.99. The number of ether oxygens (including phenoxy) is 1. The SMILES string of the molecule is CCOC(=O)C1CCN(C(=O)c2ccc(-c3ccc4c(c3)CCN4C(=O)CC)cc2)CC1. The van der Waals surface area contributed by atoms with Crippen molar-refractivity contribution in [3.05, 3.63) is 53.6 Å². The van der Waals surface area contributed by atoms with E-state index in [1.807, 2.05) is 60.0 Å². The number of nitrogens with zero attached hydrogens (tertiary/aromatic N) is 2. The van der Waals surface area contributed by atoms with Gasteiger partial charge in [-0.05, 0) is 67.1 Å². The van der Waals surface area contributed by atoms with Gasteiger partial charge in [-0.15, -0.1) is 0 Å². The molecular formula is C26H30N2O4. The first kappa shape index (κ1) is 22.1. The Bertz CT molecular complexity index is 1010. The van der Waals surface area contributed by atoms with Crippen molar-refractivity contribution < 1.29 is 19.1 Å². The quantitative estimate of drug-likeness (QED) is 0.666. The van der Waals surface area contributed by atoms with Gasteiger partial charge in [-0.3, -0.25) is 14.4 Å². The number of fused-ring (bicyclic) bond motifs is 1. The van der Waals surface area contributed by atoms with Gasteiger partial charge in [0.1, 0.15) is 0 Å². The zero-order valence-corrected chi connectivity index (χ0v) is 18.8. The number of hydrogen-bond acceptors (Lipinski definition) is 4. The first-order valence-electron chi connectivity index (χ1n) is 11.5. The van der Waals surface area contributed by atoms with Gasteiger partial charge in [0.2, 0.25) is 5.91 Å². The molecule has 2 aliphatic heterocycles. The van der Waals surface area contributed by atoms with Crippen molar-refractivity contribution in [2.24, 2.45) is 5.92 Å². The van der Waals surface area contributed by atoms with Gasteiger partial charge in [-0.1, -0.05) is 25.1 Å². The van der Waals surface area contributed by atoms with E-state index in [4.69, 9.17) is 4.74 Å². The second-order valence-electron chi connectivity index (χ2n) is 8.39. The summed E-state index contributed by atoms with van der Waals surface area (Å²) in [6, 6.07) is 13.9. The highest BCUT2D eigenvalue weighted by molar-refractivity contribution is 5.96. The first-order valence-corrected chi connectivity index (χ1v) is 11.5. The van der Waals surface area contributed by atoms with E-state index in [1.54, 1.807) is 0 Å². The number of piperidine rings is 1. The number of anilines is 1. The van der Waals surface area contributed by atoms with Gasteiger partial charge in [-0.2, -0.15) is 0 Å². The predicted octanol–water partition coefficient (Wildman–Crippen LogP) is 4.07. The molecule has 1 saturated heterocycles. The highest BCUT2D eigenvalue weighted by Gasteiger charge is 2.29. The molecule has 2 amide bonds. The molecule has 32 heavy (non-hydrogen) atoms.